The Morgan fingerprint density at radius 2 is 2.11 bits per heavy atom. The Kier molecular flexibility index (Phi) is 4.15. The summed E-state index contributed by atoms with van der Waals surface area (Å²) in [6.45, 7) is 5.12. The third kappa shape index (κ3) is 2.76. The van der Waals surface area contributed by atoms with E-state index in [2.05, 4.69) is 37.0 Å². The summed E-state index contributed by atoms with van der Waals surface area (Å²) >= 11 is 6.74. The first kappa shape index (κ1) is 14.3. The largest absolute Gasteiger partial charge is 0.398 e. The number of hydrogen-bond donors (Lipinski definition) is 1. The van der Waals surface area contributed by atoms with Crippen molar-refractivity contribution >= 4 is 37.5 Å². The zero-order valence-electron chi connectivity index (χ0n) is 10.7. The van der Waals surface area contributed by atoms with Crippen LogP contribution in [0.3, 0.4) is 0 Å². The predicted octanol–water partition coefficient (Wildman–Crippen LogP) is 2.53. The van der Waals surface area contributed by atoms with Crippen LogP contribution in [0.15, 0.2) is 26.0 Å². The SMILES string of the molecule is CCn1nc(C)c(Br)c1Cn1cc(N)cc(Br)c1=O. The summed E-state index contributed by atoms with van der Waals surface area (Å²) in [5.41, 5.74) is 8.07. The molecule has 2 heterocycles. The Morgan fingerprint density at radius 3 is 2.74 bits per heavy atom. The summed E-state index contributed by atoms with van der Waals surface area (Å²) in [7, 11) is 0. The lowest BCUT2D eigenvalue weighted by Gasteiger charge is -2.10. The van der Waals surface area contributed by atoms with Gasteiger partial charge in [-0.2, -0.15) is 5.10 Å². The molecule has 0 saturated heterocycles. The van der Waals surface area contributed by atoms with Crippen LogP contribution in [0.5, 0.6) is 0 Å². The van der Waals surface area contributed by atoms with Gasteiger partial charge >= 0.3 is 0 Å². The van der Waals surface area contributed by atoms with Gasteiger partial charge < -0.3 is 10.3 Å². The van der Waals surface area contributed by atoms with Gasteiger partial charge in [-0.25, -0.2) is 0 Å². The minimum absolute atomic E-state index is 0.109. The monoisotopic (exact) mass is 388 g/mol. The van der Waals surface area contributed by atoms with Gasteiger partial charge in [-0.15, -0.1) is 0 Å². The Morgan fingerprint density at radius 1 is 1.42 bits per heavy atom. The highest BCUT2D eigenvalue weighted by atomic mass is 79.9. The van der Waals surface area contributed by atoms with E-state index in [0.717, 1.165) is 22.4 Å². The second-order valence-electron chi connectivity index (χ2n) is 4.22. The molecule has 0 aliphatic heterocycles. The van der Waals surface area contributed by atoms with E-state index in [1.807, 2.05) is 18.5 Å². The topological polar surface area (TPSA) is 65.8 Å². The van der Waals surface area contributed by atoms with Gasteiger partial charge in [-0.1, -0.05) is 0 Å². The van der Waals surface area contributed by atoms with Gasteiger partial charge in [0.05, 0.1) is 26.9 Å². The number of nitrogens with two attached hydrogens (primary N) is 1. The van der Waals surface area contributed by atoms with Crippen molar-refractivity contribution in [2.75, 3.05) is 5.73 Å². The lowest BCUT2D eigenvalue weighted by molar-refractivity contribution is 0.590. The molecule has 0 aliphatic rings. The maximum absolute atomic E-state index is 12.1. The number of nitrogen functional groups attached to an aromatic ring is 1. The highest BCUT2D eigenvalue weighted by Gasteiger charge is 2.14. The van der Waals surface area contributed by atoms with Crippen LogP contribution in [-0.4, -0.2) is 14.3 Å². The van der Waals surface area contributed by atoms with Crippen molar-refractivity contribution in [3.63, 3.8) is 0 Å². The van der Waals surface area contributed by atoms with Crippen molar-refractivity contribution in [1.29, 1.82) is 0 Å². The second-order valence-corrected chi connectivity index (χ2v) is 5.86. The summed E-state index contributed by atoms with van der Waals surface area (Å²) in [6.07, 6.45) is 1.64. The van der Waals surface area contributed by atoms with Crippen LogP contribution in [0.4, 0.5) is 5.69 Å². The molecule has 0 spiro atoms. The molecule has 102 valence electrons. The van der Waals surface area contributed by atoms with Gasteiger partial charge in [0.15, 0.2) is 0 Å². The van der Waals surface area contributed by atoms with E-state index in [1.54, 1.807) is 16.8 Å². The van der Waals surface area contributed by atoms with Crippen molar-refractivity contribution in [2.45, 2.75) is 26.9 Å². The third-order valence-corrected chi connectivity index (χ3v) is 4.44. The number of halogens is 2. The Labute approximate surface area is 127 Å². The van der Waals surface area contributed by atoms with Crippen molar-refractivity contribution in [3.05, 3.63) is 43.0 Å². The molecule has 5 nitrogen and oxygen atoms in total. The van der Waals surface area contributed by atoms with E-state index >= 15 is 0 Å². The number of aromatic nitrogens is 3. The van der Waals surface area contributed by atoms with Crippen molar-refractivity contribution in [3.8, 4) is 0 Å². The van der Waals surface area contributed by atoms with E-state index in [0.29, 0.717) is 16.7 Å². The number of rotatable bonds is 3. The van der Waals surface area contributed by atoms with Crippen LogP contribution in [0.1, 0.15) is 18.3 Å². The van der Waals surface area contributed by atoms with Gasteiger partial charge in [-0.05, 0) is 51.8 Å². The molecule has 0 atom stereocenters. The van der Waals surface area contributed by atoms with Crippen LogP contribution in [0.2, 0.25) is 0 Å². The van der Waals surface area contributed by atoms with Crippen molar-refractivity contribution < 1.29 is 0 Å². The second kappa shape index (κ2) is 5.50. The fourth-order valence-corrected chi connectivity index (χ4v) is 2.82. The average molecular weight is 390 g/mol. The first-order valence-corrected chi connectivity index (χ1v) is 7.39. The zero-order chi connectivity index (χ0) is 14.2. The fourth-order valence-electron chi connectivity index (χ4n) is 1.92. The summed E-state index contributed by atoms with van der Waals surface area (Å²) < 4.78 is 4.85. The van der Waals surface area contributed by atoms with Gasteiger partial charge in [0.1, 0.15) is 0 Å². The summed E-state index contributed by atoms with van der Waals surface area (Å²) in [4.78, 5) is 12.1. The van der Waals surface area contributed by atoms with Crippen LogP contribution < -0.4 is 11.3 Å². The molecule has 2 aromatic heterocycles. The predicted molar refractivity (Wildman–Crippen MR) is 82.3 cm³/mol. The van der Waals surface area contributed by atoms with E-state index in [1.165, 1.54) is 0 Å². The number of pyridine rings is 1. The highest BCUT2D eigenvalue weighted by Crippen LogP contribution is 2.22. The Balaban J connectivity index is 2.50. The molecule has 2 rings (SSSR count). The molecule has 7 heteroatoms. The van der Waals surface area contributed by atoms with Gasteiger partial charge in [0, 0.05) is 18.4 Å². The molecule has 0 radical (unpaired) electrons. The summed E-state index contributed by atoms with van der Waals surface area (Å²) in [6, 6.07) is 1.61. The lowest BCUT2D eigenvalue weighted by Crippen LogP contribution is -2.23. The van der Waals surface area contributed by atoms with Crippen LogP contribution in [-0.2, 0) is 13.1 Å². The quantitative estimate of drug-likeness (QED) is 0.876. The molecule has 0 aliphatic carbocycles. The molecule has 0 unspecified atom stereocenters. The number of hydrogen-bond acceptors (Lipinski definition) is 3. The van der Waals surface area contributed by atoms with Crippen LogP contribution >= 0.6 is 31.9 Å². The first-order valence-electron chi connectivity index (χ1n) is 5.81. The van der Waals surface area contributed by atoms with Gasteiger partial charge in [0.2, 0.25) is 0 Å². The van der Waals surface area contributed by atoms with Crippen LogP contribution in [0.25, 0.3) is 0 Å². The molecule has 2 N–H and O–H groups in total. The van der Waals surface area contributed by atoms with E-state index in [9.17, 15) is 4.79 Å². The summed E-state index contributed by atoms with van der Waals surface area (Å²) in [5.74, 6) is 0. The Hall–Kier alpha value is -1.08. The average Bonchev–Trinajstić information content (AvgIpc) is 2.63. The maximum Gasteiger partial charge on any atom is 0.265 e. The maximum atomic E-state index is 12.1. The molecule has 0 bridgehead atoms. The first-order chi connectivity index (χ1) is 8.93. The minimum atomic E-state index is -0.109. The minimum Gasteiger partial charge on any atom is -0.398 e. The zero-order valence-corrected chi connectivity index (χ0v) is 13.8. The number of nitrogens with zero attached hydrogens (tertiary/aromatic N) is 3. The third-order valence-electron chi connectivity index (χ3n) is 2.84. The standard InChI is InChI=1S/C12H14Br2N4O/c1-3-18-10(11(14)7(2)16-18)6-17-5-8(15)4-9(13)12(17)19/h4-5H,3,6,15H2,1-2H3. The van der Waals surface area contributed by atoms with Crippen molar-refractivity contribution in [1.82, 2.24) is 14.3 Å². The van der Waals surface area contributed by atoms with E-state index < -0.39 is 0 Å². The van der Waals surface area contributed by atoms with Gasteiger partial charge in [-0.3, -0.25) is 9.48 Å². The molecule has 0 amide bonds. The lowest BCUT2D eigenvalue weighted by atomic mass is 10.3. The highest BCUT2D eigenvalue weighted by molar-refractivity contribution is 9.10. The number of aryl methyl sites for hydroxylation is 2. The molecule has 0 fully saturated rings. The molecule has 19 heavy (non-hydrogen) atoms. The van der Waals surface area contributed by atoms with Gasteiger partial charge in [0.25, 0.3) is 5.56 Å². The molecule has 2 aromatic rings. The molecule has 0 saturated carbocycles. The smallest absolute Gasteiger partial charge is 0.265 e. The summed E-state index contributed by atoms with van der Waals surface area (Å²) in [5, 5.41) is 4.41. The van der Waals surface area contributed by atoms with Crippen molar-refractivity contribution in [2.24, 2.45) is 0 Å². The number of anilines is 1. The van der Waals surface area contributed by atoms with E-state index in [-0.39, 0.29) is 5.56 Å². The Bertz CT molecular complexity index is 675. The molecular weight excluding hydrogens is 376 g/mol. The normalized spacial score (nSPS) is 10.9. The van der Waals surface area contributed by atoms with E-state index in [4.69, 9.17) is 5.73 Å². The van der Waals surface area contributed by atoms with Crippen LogP contribution in [0, 0.1) is 6.92 Å². The molecule has 0 aromatic carbocycles. The fraction of sp³-hybridized carbons (Fsp3) is 0.333. The molecular formula is C12H14Br2N4O.